The number of thioether (sulfide) groups is 1. The third-order valence-electron chi connectivity index (χ3n) is 2.81. The minimum absolute atomic E-state index is 0.0590. The Morgan fingerprint density at radius 2 is 2.24 bits per heavy atom. The maximum atomic E-state index is 11.3. The molecule has 0 saturated carbocycles. The minimum atomic E-state index is 0.0590. The van der Waals surface area contributed by atoms with Gasteiger partial charge in [0.15, 0.2) is 0 Å². The molecule has 0 aromatic heterocycles. The first kappa shape index (κ1) is 12.3. The molecule has 0 saturated heterocycles. The number of nitrogen functional groups attached to an aromatic ring is 1. The van der Waals surface area contributed by atoms with E-state index in [1.165, 1.54) is 6.42 Å². The topological polar surface area (TPSA) is 55.1 Å². The summed E-state index contributed by atoms with van der Waals surface area (Å²) in [6.07, 6.45) is 1.63. The maximum Gasteiger partial charge on any atom is 0.228 e. The molecule has 3 N–H and O–H groups in total. The van der Waals surface area contributed by atoms with Gasteiger partial charge < -0.3 is 11.1 Å². The van der Waals surface area contributed by atoms with Crippen molar-refractivity contribution in [3.05, 3.63) is 17.7 Å². The molecule has 3 nitrogen and oxygen atoms in total. The molecular weight excluding hydrogens is 232 g/mol. The van der Waals surface area contributed by atoms with E-state index < -0.39 is 0 Å². The molecule has 0 fully saturated rings. The van der Waals surface area contributed by atoms with Gasteiger partial charge in [0.25, 0.3) is 0 Å². The number of carbonyl (C=O) groups is 1. The van der Waals surface area contributed by atoms with Gasteiger partial charge in [0, 0.05) is 16.3 Å². The molecule has 0 spiro atoms. The zero-order chi connectivity index (χ0) is 12.4. The molecule has 0 bridgehead atoms. The number of fused-ring (bicyclic) bond motifs is 1. The molecule has 0 radical (unpaired) electrons. The number of nitrogens with two attached hydrogens (primary N) is 1. The Labute approximate surface area is 106 Å². The Morgan fingerprint density at radius 3 is 2.94 bits per heavy atom. The summed E-state index contributed by atoms with van der Waals surface area (Å²) >= 11 is 1.77. The van der Waals surface area contributed by atoms with Crippen molar-refractivity contribution in [2.45, 2.75) is 31.6 Å². The van der Waals surface area contributed by atoms with Crippen LogP contribution >= 0.6 is 11.8 Å². The summed E-state index contributed by atoms with van der Waals surface area (Å²) in [5.74, 6) is 1.83. The molecule has 0 unspecified atom stereocenters. The lowest BCUT2D eigenvalue weighted by Crippen LogP contribution is -2.03. The Hall–Kier alpha value is -1.16. The summed E-state index contributed by atoms with van der Waals surface area (Å²) in [6.45, 7) is 4.43. The van der Waals surface area contributed by atoms with Crippen LogP contribution in [0.15, 0.2) is 17.0 Å². The van der Waals surface area contributed by atoms with Crippen molar-refractivity contribution < 1.29 is 4.79 Å². The van der Waals surface area contributed by atoms with Gasteiger partial charge in [-0.2, -0.15) is 0 Å². The van der Waals surface area contributed by atoms with Gasteiger partial charge in [-0.3, -0.25) is 4.79 Å². The van der Waals surface area contributed by atoms with E-state index in [2.05, 4.69) is 19.2 Å². The fraction of sp³-hybridized carbons (Fsp3) is 0.462. The SMILES string of the molecule is CC(C)CCSc1cc2c(cc1N)CC(=O)N2. The molecule has 1 heterocycles. The number of carbonyl (C=O) groups excluding carboxylic acids is 1. The second-order valence-corrected chi connectivity index (χ2v) is 5.94. The maximum absolute atomic E-state index is 11.3. The zero-order valence-corrected chi connectivity index (χ0v) is 11.1. The van der Waals surface area contributed by atoms with Gasteiger partial charge in [0.05, 0.1) is 6.42 Å². The highest BCUT2D eigenvalue weighted by molar-refractivity contribution is 7.99. The number of hydrogen-bond donors (Lipinski definition) is 2. The van der Waals surface area contributed by atoms with Crippen LogP contribution in [0.2, 0.25) is 0 Å². The first-order valence-corrected chi connectivity index (χ1v) is 6.90. The van der Waals surface area contributed by atoms with Crippen LogP contribution in [0.1, 0.15) is 25.8 Å². The third kappa shape index (κ3) is 2.94. The van der Waals surface area contributed by atoms with Crippen LogP contribution in [-0.4, -0.2) is 11.7 Å². The van der Waals surface area contributed by atoms with Crippen LogP contribution in [0.3, 0.4) is 0 Å². The lowest BCUT2D eigenvalue weighted by Gasteiger charge is -2.09. The zero-order valence-electron chi connectivity index (χ0n) is 10.2. The average Bonchev–Trinajstić information content (AvgIpc) is 2.57. The van der Waals surface area contributed by atoms with Crippen LogP contribution < -0.4 is 11.1 Å². The van der Waals surface area contributed by atoms with Crippen molar-refractivity contribution >= 4 is 29.0 Å². The molecule has 1 aliphatic heterocycles. The highest BCUT2D eigenvalue weighted by Crippen LogP contribution is 2.34. The van der Waals surface area contributed by atoms with Crippen LogP contribution in [0.4, 0.5) is 11.4 Å². The van der Waals surface area contributed by atoms with Gasteiger partial charge in [0.2, 0.25) is 5.91 Å². The summed E-state index contributed by atoms with van der Waals surface area (Å²) in [6, 6.07) is 3.92. The molecule has 17 heavy (non-hydrogen) atoms. The summed E-state index contributed by atoms with van der Waals surface area (Å²) < 4.78 is 0. The molecule has 0 aliphatic carbocycles. The van der Waals surface area contributed by atoms with Crippen molar-refractivity contribution in [1.29, 1.82) is 0 Å². The van der Waals surface area contributed by atoms with Crippen molar-refractivity contribution in [3.8, 4) is 0 Å². The van der Waals surface area contributed by atoms with Crippen LogP contribution in [0, 0.1) is 5.92 Å². The van der Waals surface area contributed by atoms with E-state index in [-0.39, 0.29) is 5.91 Å². The van der Waals surface area contributed by atoms with E-state index in [1.54, 1.807) is 11.8 Å². The predicted octanol–water partition coefficient (Wildman–Crippen LogP) is 2.90. The minimum Gasteiger partial charge on any atom is -0.398 e. The van der Waals surface area contributed by atoms with Crippen LogP contribution in [-0.2, 0) is 11.2 Å². The Bertz CT molecular complexity index is 443. The van der Waals surface area contributed by atoms with E-state index in [4.69, 9.17) is 5.73 Å². The second kappa shape index (κ2) is 5.00. The normalized spacial score (nSPS) is 13.9. The Balaban J connectivity index is 2.08. The van der Waals surface area contributed by atoms with Crippen molar-refractivity contribution in [2.24, 2.45) is 5.92 Å². The third-order valence-corrected chi connectivity index (χ3v) is 3.92. The van der Waals surface area contributed by atoms with Gasteiger partial charge in [-0.15, -0.1) is 11.8 Å². The number of amides is 1. The molecule has 1 amide bonds. The molecule has 92 valence electrons. The van der Waals surface area contributed by atoms with E-state index in [1.807, 2.05) is 12.1 Å². The highest BCUT2D eigenvalue weighted by Gasteiger charge is 2.19. The molecule has 4 heteroatoms. The first-order valence-electron chi connectivity index (χ1n) is 5.91. The smallest absolute Gasteiger partial charge is 0.228 e. The lowest BCUT2D eigenvalue weighted by molar-refractivity contribution is -0.115. The van der Waals surface area contributed by atoms with E-state index in [0.717, 1.165) is 27.6 Å². The summed E-state index contributed by atoms with van der Waals surface area (Å²) in [7, 11) is 0. The monoisotopic (exact) mass is 250 g/mol. The Morgan fingerprint density at radius 1 is 1.47 bits per heavy atom. The molecular formula is C13H18N2OS. The van der Waals surface area contributed by atoms with E-state index in [0.29, 0.717) is 12.3 Å². The number of anilines is 2. The average molecular weight is 250 g/mol. The first-order chi connectivity index (χ1) is 8.06. The standard InChI is InChI=1S/C13H18N2OS/c1-8(2)3-4-17-12-7-11-9(5-10(12)14)6-13(16)15-11/h5,7-8H,3-4,6,14H2,1-2H3,(H,15,16). The van der Waals surface area contributed by atoms with Gasteiger partial charge in [-0.05, 0) is 35.8 Å². The predicted molar refractivity (Wildman–Crippen MR) is 73.4 cm³/mol. The van der Waals surface area contributed by atoms with Gasteiger partial charge in [0.1, 0.15) is 0 Å². The van der Waals surface area contributed by atoms with Gasteiger partial charge >= 0.3 is 0 Å². The fourth-order valence-electron chi connectivity index (χ4n) is 1.80. The van der Waals surface area contributed by atoms with E-state index >= 15 is 0 Å². The van der Waals surface area contributed by atoms with Crippen molar-refractivity contribution in [2.75, 3.05) is 16.8 Å². The van der Waals surface area contributed by atoms with Crippen molar-refractivity contribution in [3.63, 3.8) is 0 Å². The van der Waals surface area contributed by atoms with Gasteiger partial charge in [-0.25, -0.2) is 0 Å². The summed E-state index contributed by atoms with van der Waals surface area (Å²) in [5.41, 5.74) is 8.72. The second-order valence-electron chi connectivity index (χ2n) is 4.80. The number of nitrogens with one attached hydrogen (secondary N) is 1. The molecule has 1 aromatic carbocycles. The quantitative estimate of drug-likeness (QED) is 0.638. The van der Waals surface area contributed by atoms with Crippen LogP contribution in [0.5, 0.6) is 0 Å². The van der Waals surface area contributed by atoms with Crippen molar-refractivity contribution in [1.82, 2.24) is 0 Å². The molecule has 2 rings (SSSR count). The molecule has 1 aliphatic rings. The summed E-state index contributed by atoms with van der Waals surface area (Å²) in [5, 5.41) is 2.86. The van der Waals surface area contributed by atoms with Crippen LogP contribution in [0.25, 0.3) is 0 Å². The number of benzene rings is 1. The lowest BCUT2D eigenvalue weighted by atomic mass is 10.1. The largest absolute Gasteiger partial charge is 0.398 e. The van der Waals surface area contributed by atoms with E-state index in [9.17, 15) is 4.79 Å². The molecule has 1 aromatic rings. The number of hydrogen-bond acceptors (Lipinski definition) is 3. The van der Waals surface area contributed by atoms with Gasteiger partial charge in [-0.1, -0.05) is 13.8 Å². The summed E-state index contributed by atoms with van der Waals surface area (Å²) in [4.78, 5) is 12.3. The number of rotatable bonds is 4. The Kier molecular flexibility index (Phi) is 3.62. The fourth-order valence-corrected chi connectivity index (χ4v) is 3.04. The molecule has 0 atom stereocenters. The highest BCUT2D eigenvalue weighted by atomic mass is 32.2.